The van der Waals surface area contributed by atoms with Crippen molar-refractivity contribution in [3.05, 3.63) is 17.0 Å². The van der Waals surface area contributed by atoms with Gasteiger partial charge in [-0.3, -0.25) is 4.79 Å². The van der Waals surface area contributed by atoms with Crippen LogP contribution in [-0.2, 0) is 12.8 Å². The topological polar surface area (TPSA) is 81.8 Å². The second kappa shape index (κ2) is 3.93. The lowest BCUT2D eigenvalue weighted by Crippen LogP contribution is -2.19. The summed E-state index contributed by atoms with van der Waals surface area (Å²) in [6.45, 7) is 3.80. The molecule has 0 radical (unpaired) electrons. The third-order valence-electron chi connectivity index (χ3n) is 1.82. The van der Waals surface area contributed by atoms with Gasteiger partial charge < -0.3 is 5.73 Å². The van der Waals surface area contributed by atoms with Crippen LogP contribution in [0.15, 0.2) is 0 Å². The fourth-order valence-corrected chi connectivity index (χ4v) is 1.18. The Kier molecular flexibility index (Phi) is 2.89. The Morgan fingerprint density at radius 1 is 1.23 bits per heavy atom. The fourth-order valence-electron chi connectivity index (χ4n) is 1.18. The number of hydrogen-bond acceptors (Lipinski definition) is 4. The average molecular weight is 180 g/mol. The molecular weight excluding hydrogens is 168 g/mol. The van der Waals surface area contributed by atoms with E-state index in [1.807, 2.05) is 13.8 Å². The Hall–Kier alpha value is -1.52. The number of carbonyl (C=O) groups excluding carboxylic acids is 1. The van der Waals surface area contributed by atoms with Crippen LogP contribution in [-0.4, -0.2) is 21.3 Å². The summed E-state index contributed by atoms with van der Waals surface area (Å²) in [5.41, 5.74) is 6.90. The molecule has 0 aliphatic rings. The predicted molar refractivity (Wildman–Crippen MR) is 47.1 cm³/mol. The number of hydrogen-bond donors (Lipinski definition) is 1. The summed E-state index contributed by atoms with van der Waals surface area (Å²) in [5.74, 6) is -0.476. The maximum atomic E-state index is 11.1. The number of primary amides is 1. The number of rotatable bonds is 3. The number of carbonyl (C=O) groups is 1. The number of aromatic nitrogens is 3. The quantitative estimate of drug-likeness (QED) is 0.715. The van der Waals surface area contributed by atoms with E-state index in [4.69, 9.17) is 5.73 Å². The summed E-state index contributed by atoms with van der Waals surface area (Å²) in [6, 6.07) is 0. The Balaban J connectivity index is 3.29. The van der Waals surface area contributed by atoms with Gasteiger partial charge in [-0.15, -0.1) is 10.2 Å². The molecule has 5 heteroatoms. The van der Waals surface area contributed by atoms with Gasteiger partial charge in [-0.05, 0) is 18.1 Å². The first-order valence-electron chi connectivity index (χ1n) is 4.21. The molecule has 1 aromatic rings. The Morgan fingerprint density at radius 2 is 1.69 bits per heavy atom. The van der Waals surface area contributed by atoms with Gasteiger partial charge >= 0.3 is 0 Å². The minimum atomic E-state index is -0.476. The smallest absolute Gasteiger partial charge is 0.252 e. The predicted octanol–water partition coefficient (Wildman–Crippen LogP) is 0.0953. The summed E-state index contributed by atoms with van der Waals surface area (Å²) in [6.07, 6.45) is 1.28. The van der Waals surface area contributed by atoms with Crippen molar-refractivity contribution < 1.29 is 4.79 Å². The third kappa shape index (κ3) is 1.80. The zero-order valence-corrected chi connectivity index (χ0v) is 7.74. The maximum Gasteiger partial charge on any atom is 0.252 e. The van der Waals surface area contributed by atoms with Crippen molar-refractivity contribution in [3.8, 4) is 0 Å². The highest BCUT2D eigenvalue weighted by Crippen LogP contribution is 2.09. The Morgan fingerprint density at radius 3 is 2.00 bits per heavy atom. The van der Waals surface area contributed by atoms with Crippen LogP contribution < -0.4 is 5.73 Å². The lowest BCUT2D eigenvalue weighted by atomic mass is 10.1. The molecule has 0 saturated carbocycles. The van der Waals surface area contributed by atoms with Gasteiger partial charge in [0.1, 0.15) is 0 Å². The summed E-state index contributed by atoms with van der Waals surface area (Å²) >= 11 is 0. The van der Waals surface area contributed by atoms with Gasteiger partial charge in [-0.25, -0.2) is 0 Å². The molecule has 0 fully saturated rings. The number of amides is 1. The van der Waals surface area contributed by atoms with Gasteiger partial charge in [0.05, 0.1) is 17.0 Å². The highest BCUT2D eigenvalue weighted by Gasteiger charge is 2.14. The van der Waals surface area contributed by atoms with Gasteiger partial charge in [0, 0.05) is 0 Å². The van der Waals surface area contributed by atoms with Crippen LogP contribution in [0.5, 0.6) is 0 Å². The molecule has 0 spiro atoms. The van der Waals surface area contributed by atoms with E-state index >= 15 is 0 Å². The van der Waals surface area contributed by atoms with Crippen molar-refractivity contribution in [3.63, 3.8) is 0 Å². The highest BCUT2D eigenvalue weighted by molar-refractivity contribution is 5.94. The monoisotopic (exact) mass is 180 g/mol. The van der Waals surface area contributed by atoms with E-state index in [2.05, 4.69) is 15.4 Å². The molecule has 1 aromatic heterocycles. The fraction of sp³-hybridized carbons (Fsp3) is 0.500. The molecule has 1 amide bonds. The van der Waals surface area contributed by atoms with Crippen molar-refractivity contribution in [1.29, 1.82) is 0 Å². The Labute approximate surface area is 76.4 Å². The largest absolute Gasteiger partial charge is 0.365 e. The first-order chi connectivity index (χ1) is 6.20. The summed E-state index contributed by atoms with van der Waals surface area (Å²) in [4.78, 5) is 11.1. The first-order valence-corrected chi connectivity index (χ1v) is 4.21. The van der Waals surface area contributed by atoms with Gasteiger partial charge in [-0.2, -0.15) is 0 Å². The second-order valence-corrected chi connectivity index (χ2v) is 2.63. The molecular formula is C8H12N4O. The lowest BCUT2D eigenvalue weighted by Gasteiger charge is -2.04. The molecule has 0 unspecified atom stereocenters. The normalized spacial score (nSPS) is 10.0. The first kappa shape index (κ1) is 9.57. The molecule has 70 valence electrons. The number of nitrogens with two attached hydrogens (primary N) is 1. The number of nitrogens with zero attached hydrogens (tertiary/aromatic N) is 3. The molecule has 0 aromatic carbocycles. The summed E-state index contributed by atoms with van der Waals surface area (Å²) < 4.78 is 0. The molecule has 5 nitrogen and oxygen atoms in total. The summed E-state index contributed by atoms with van der Waals surface area (Å²) in [7, 11) is 0. The van der Waals surface area contributed by atoms with Gasteiger partial charge in [0.15, 0.2) is 0 Å². The van der Waals surface area contributed by atoms with Crippen LogP contribution in [0.25, 0.3) is 0 Å². The van der Waals surface area contributed by atoms with Crippen LogP contribution in [0.1, 0.15) is 35.6 Å². The SMILES string of the molecule is CCc1nnnc(CC)c1C(N)=O. The minimum absolute atomic E-state index is 0.431. The molecule has 0 aliphatic heterocycles. The average Bonchev–Trinajstić information content (AvgIpc) is 2.16. The van der Waals surface area contributed by atoms with Crippen molar-refractivity contribution in [2.75, 3.05) is 0 Å². The standard InChI is InChI=1S/C8H12N4O/c1-3-5-7(8(9)13)6(4-2)11-12-10-5/h3-4H2,1-2H3,(H2,9,13). The van der Waals surface area contributed by atoms with Crippen molar-refractivity contribution in [1.82, 2.24) is 15.4 Å². The van der Waals surface area contributed by atoms with E-state index in [1.165, 1.54) is 0 Å². The van der Waals surface area contributed by atoms with E-state index in [0.717, 1.165) is 0 Å². The van der Waals surface area contributed by atoms with Crippen molar-refractivity contribution in [2.24, 2.45) is 5.73 Å². The molecule has 13 heavy (non-hydrogen) atoms. The van der Waals surface area contributed by atoms with E-state index in [0.29, 0.717) is 29.8 Å². The molecule has 2 N–H and O–H groups in total. The maximum absolute atomic E-state index is 11.1. The van der Waals surface area contributed by atoms with Gasteiger partial charge in [0.2, 0.25) is 0 Å². The van der Waals surface area contributed by atoms with Crippen molar-refractivity contribution >= 4 is 5.91 Å². The molecule has 0 bridgehead atoms. The third-order valence-corrected chi connectivity index (χ3v) is 1.82. The Bertz CT molecular complexity index is 302. The number of aryl methyl sites for hydroxylation is 2. The lowest BCUT2D eigenvalue weighted by molar-refractivity contribution is 0.0997. The molecule has 1 rings (SSSR count). The van der Waals surface area contributed by atoms with Gasteiger partial charge in [0.25, 0.3) is 5.91 Å². The van der Waals surface area contributed by atoms with E-state index < -0.39 is 5.91 Å². The highest BCUT2D eigenvalue weighted by atomic mass is 16.1. The molecule has 0 saturated heterocycles. The second-order valence-electron chi connectivity index (χ2n) is 2.63. The van der Waals surface area contributed by atoms with Crippen LogP contribution in [0.2, 0.25) is 0 Å². The minimum Gasteiger partial charge on any atom is -0.365 e. The molecule has 0 aliphatic carbocycles. The van der Waals surface area contributed by atoms with Crippen LogP contribution in [0.4, 0.5) is 0 Å². The van der Waals surface area contributed by atoms with Crippen molar-refractivity contribution in [2.45, 2.75) is 26.7 Å². The van der Waals surface area contributed by atoms with Crippen LogP contribution in [0.3, 0.4) is 0 Å². The molecule has 1 heterocycles. The zero-order chi connectivity index (χ0) is 9.84. The van der Waals surface area contributed by atoms with E-state index in [9.17, 15) is 4.79 Å². The van der Waals surface area contributed by atoms with E-state index in [1.54, 1.807) is 0 Å². The van der Waals surface area contributed by atoms with Crippen LogP contribution >= 0.6 is 0 Å². The van der Waals surface area contributed by atoms with Gasteiger partial charge in [-0.1, -0.05) is 13.8 Å². The van der Waals surface area contributed by atoms with E-state index in [-0.39, 0.29) is 0 Å². The summed E-state index contributed by atoms with van der Waals surface area (Å²) in [5, 5.41) is 11.1. The molecule has 0 atom stereocenters. The van der Waals surface area contributed by atoms with Crippen LogP contribution in [0, 0.1) is 0 Å². The zero-order valence-electron chi connectivity index (χ0n) is 7.74.